The van der Waals surface area contributed by atoms with Gasteiger partial charge in [0.25, 0.3) is 0 Å². The summed E-state index contributed by atoms with van der Waals surface area (Å²) in [5, 5.41) is 10.7. The molecule has 0 spiro atoms. The zero-order valence-electron chi connectivity index (χ0n) is 16.6. The third-order valence-corrected chi connectivity index (χ3v) is 4.90. The SMILES string of the molecule is COc1ccc(N2CC(=O)C(=C(O)CC(C)C)C2c2ccc(F)cc2C)cn1. The van der Waals surface area contributed by atoms with Crippen LogP contribution in [-0.4, -0.2) is 29.5 Å². The normalized spacial score (nSPS) is 18.7. The Labute approximate surface area is 164 Å². The number of aliphatic hydroxyl groups excluding tert-OH is 1. The minimum absolute atomic E-state index is 0.0951. The van der Waals surface area contributed by atoms with Gasteiger partial charge in [0.2, 0.25) is 5.88 Å². The number of aliphatic hydroxyl groups is 1. The highest BCUT2D eigenvalue weighted by Gasteiger charge is 2.40. The van der Waals surface area contributed by atoms with Gasteiger partial charge in [0.1, 0.15) is 11.6 Å². The molecule has 1 fully saturated rings. The smallest absolute Gasteiger partial charge is 0.213 e. The summed E-state index contributed by atoms with van der Waals surface area (Å²) >= 11 is 0. The van der Waals surface area contributed by atoms with Crippen molar-refractivity contribution in [1.29, 1.82) is 0 Å². The summed E-state index contributed by atoms with van der Waals surface area (Å²) in [5.41, 5.74) is 2.61. The number of rotatable bonds is 5. The summed E-state index contributed by atoms with van der Waals surface area (Å²) in [6, 6.07) is 7.56. The second kappa shape index (κ2) is 8.00. The van der Waals surface area contributed by atoms with Crippen LogP contribution >= 0.6 is 0 Å². The fourth-order valence-corrected chi connectivity index (χ4v) is 3.63. The Hall–Kier alpha value is -2.89. The molecular weight excluding hydrogens is 359 g/mol. The first kappa shape index (κ1) is 19.9. The molecule has 0 radical (unpaired) electrons. The highest BCUT2D eigenvalue weighted by Crippen LogP contribution is 2.41. The van der Waals surface area contributed by atoms with Crippen molar-refractivity contribution < 1.29 is 19.0 Å². The maximum Gasteiger partial charge on any atom is 0.213 e. The standard InChI is InChI=1S/C22H25FN2O3/c1-13(2)9-18(26)21-19(27)12-25(16-6-8-20(28-4)24-11-16)22(21)17-7-5-15(23)10-14(17)3/h5-8,10-11,13,22,26H,9,12H2,1-4H3. The maximum atomic E-state index is 13.7. The minimum atomic E-state index is -0.498. The van der Waals surface area contributed by atoms with Gasteiger partial charge in [0, 0.05) is 12.5 Å². The Morgan fingerprint density at radius 2 is 2.11 bits per heavy atom. The van der Waals surface area contributed by atoms with Gasteiger partial charge in [0.15, 0.2) is 5.78 Å². The number of hydrogen-bond acceptors (Lipinski definition) is 5. The molecule has 0 saturated carbocycles. The van der Waals surface area contributed by atoms with Crippen LogP contribution in [0.3, 0.4) is 0 Å². The van der Waals surface area contributed by atoms with E-state index in [1.807, 2.05) is 31.7 Å². The van der Waals surface area contributed by atoms with Gasteiger partial charge >= 0.3 is 0 Å². The second-order valence-corrected chi connectivity index (χ2v) is 7.47. The number of carbonyl (C=O) groups excluding carboxylic acids is 1. The van der Waals surface area contributed by atoms with Gasteiger partial charge in [-0.15, -0.1) is 0 Å². The van der Waals surface area contributed by atoms with E-state index in [0.717, 1.165) is 16.8 Å². The van der Waals surface area contributed by atoms with Crippen LogP contribution in [0.5, 0.6) is 5.88 Å². The van der Waals surface area contributed by atoms with Crippen molar-refractivity contribution in [3.63, 3.8) is 0 Å². The molecule has 1 aromatic carbocycles. The van der Waals surface area contributed by atoms with Crippen LogP contribution in [0.4, 0.5) is 10.1 Å². The number of aryl methyl sites for hydroxylation is 1. The van der Waals surface area contributed by atoms with E-state index in [1.165, 1.54) is 19.2 Å². The first-order chi connectivity index (χ1) is 13.3. The number of aromatic nitrogens is 1. The summed E-state index contributed by atoms with van der Waals surface area (Å²) in [5.74, 6) is 0.301. The van der Waals surface area contributed by atoms with Crippen molar-refractivity contribution in [2.45, 2.75) is 33.2 Å². The second-order valence-electron chi connectivity index (χ2n) is 7.47. The van der Waals surface area contributed by atoms with Gasteiger partial charge in [-0.05, 0) is 42.2 Å². The molecule has 28 heavy (non-hydrogen) atoms. The molecule has 1 saturated heterocycles. The van der Waals surface area contributed by atoms with Crippen molar-refractivity contribution in [3.05, 3.63) is 64.8 Å². The summed E-state index contributed by atoms with van der Waals surface area (Å²) in [4.78, 5) is 19.0. The van der Waals surface area contributed by atoms with E-state index in [9.17, 15) is 14.3 Å². The molecule has 148 valence electrons. The first-order valence-corrected chi connectivity index (χ1v) is 9.29. The van der Waals surface area contributed by atoms with E-state index in [0.29, 0.717) is 17.9 Å². The molecule has 1 aromatic heterocycles. The number of carbonyl (C=O) groups is 1. The van der Waals surface area contributed by atoms with Crippen LogP contribution in [0.2, 0.25) is 0 Å². The zero-order chi connectivity index (χ0) is 20.4. The highest BCUT2D eigenvalue weighted by molar-refractivity contribution is 6.04. The molecule has 2 heterocycles. The summed E-state index contributed by atoms with van der Waals surface area (Å²) < 4.78 is 18.8. The van der Waals surface area contributed by atoms with Crippen molar-refractivity contribution in [3.8, 4) is 5.88 Å². The number of benzene rings is 1. The monoisotopic (exact) mass is 384 g/mol. The van der Waals surface area contributed by atoms with Gasteiger partial charge in [0.05, 0.1) is 37.2 Å². The van der Waals surface area contributed by atoms with Gasteiger partial charge in [-0.3, -0.25) is 4.79 Å². The Morgan fingerprint density at radius 3 is 2.68 bits per heavy atom. The molecule has 1 aliphatic rings. The van der Waals surface area contributed by atoms with E-state index >= 15 is 0 Å². The number of nitrogens with zero attached hydrogens (tertiary/aromatic N) is 2. The Balaban J connectivity index is 2.14. The van der Waals surface area contributed by atoms with Crippen molar-refractivity contribution in [2.24, 2.45) is 5.92 Å². The average molecular weight is 384 g/mol. The third-order valence-electron chi connectivity index (χ3n) is 4.90. The van der Waals surface area contributed by atoms with Crippen molar-refractivity contribution in [2.75, 3.05) is 18.6 Å². The van der Waals surface area contributed by atoms with Crippen LogP contribution in [-0.2, 0) is 4.79 Å². The molecule has 2 aromatic rings. The molecule has 1 unspecified atom stereocenters. The lowest BCUT2D eigenvalue weighted by atomic mass is 9.92. The molecular formula is C22H25FN2O3. The molecule has 0 aliphatic carbocycles. The third kappa shape index (κ3) is 3.86. The lowest BCUT2D eigenvalue weighted by molar-refractivity contribution is -0.113. The fraction of sp³-hybridized carbons (Fsp3) is 0.364. The highest BCUT2D eigenvalue weighted by atomic mass is 19.1. The van der Waals surface area contributed by atoms with Gasteiger partial charge in [-0.25, -0.2) is 9.37 Å². The Morgan fingerprint density at radius 1 is 1.36 bits per heavy atom. The zero-order valence-corrected chi connectivity index (χ0v) is 16.6. The molecule has 3 rings (SSSR count). The van der Waals surface area contributed by atoms with Crippen LogP contribution < -0.4 is 9.64 Å². The number of hydrogen-bond donors (Lipinski definition) is 1. The minimum Gasteiger partial charge on any atom is -0.512 e. The van der Waals surface area contributed by atoms with E-state index in [2.05, 4.69) is 4.98 Å². The first-order valence-electron chi connectivity index (χ1n) is 9.29. The summed E-state index contributed by atoms with van der Waals surface area (Å²) in [6.07, 6.45) is 2.05. The van der Waals surface area contributed by atoms with Crippen LogP contribution in [0, 0.1) is 18.7 Å². The van der Waals surface area contributed by atoms with E-state index in [1.54, 1.807) is 18.3 Å². The molecule has 0 bridgehead atoms. The van der Waals surface area contributed by atoms with Crippen LogP contribution in [0.25, 0.3) is 0 Å². The van der Waals surface area contributed by atoms with Crippen LogP contribution in [0.15, 0.2) is 47.9 Å². The van der Waals surface area contributed by atoms with Crippen molar-refractivity contribution in [1.82, 2.24) is 4.98 Å². The maximum absolute atomic E-state index is 13.7. The fourth-order valence-electron chi connectivity index (χ4n) is 3.63. The number of allylic oxidation sites excluding steroid dienone is 1. The largest absolute Gasteiger partial charge is 0.512 e. The van der Waals surface area contributed by atoms with E-state index < -0.39 is 6.04 Å². The summed E-state index contributed by atoms with van der Waals surface area (Å²) in [7, 11) is 1.54. The Kier molecular flexibility index (Phi) is 5.68. The predicted octanol–water partition coefficient (Wildman–Crippen LogP) is 4.53. The lowest BCUT2D eigenvalue weighted by Crippen LogP contribution is -2.24. The molecule has 1 N–H and O–H groups in total. The number of Topliss-reactive ketones (excluding diaryl/α,β-unsaturated/α-hetero) is 1. The molecule has 1 atom stereocenters. The quantitative estimate of drug-likeness (QED) is 0.606. The van der Waals surface area contributed by atoms with Gasteiger partial charge in [-0.1, -0.05) is 19.9 Å². The number of ketones is 1. The Bertz CT molecular complexity index is 906. The number of methoxy groups -OCH3 is 1. The number of pyridine rings is 1. The molecule has 6 heteroatoms. The van der Waals surface area contributed by atoms with Crippen LogP contribution in [0.1, 0.15) is 37.4 Å². The number of ether oxygens (including phenoxy) is 1. The van der Waals surface area contributed by atoms with Gasteiger partial charge in [-0.2, -0.15) is 0 Å². The van der Waals surface area contributed by atoms with E-state index in [-0.39, 0.29) is 29.8 Å². The number of halogens is 1. The average Bonchev–Trinajstić information content (AvgIpc) is 2.98. The number of anilines is 1. The topological polar surface area (TPSA) is 62.7 Å². The molecule has 5 nitrogen and oxygen atoms in total. The lowest BCUT2D eigenvalue weighted by Gasteiger charge is -2.28. The molecule has 1 aliphatic heterocycles. The summed E-state index contributed by atoms with van der Waals surface area (Å²) in [6.45, 7) is 5.90. The van der Waals surface area contributed by atoms with Crippen molar-refractivity contribution >= 4 is 11.5 Å². The molecule has 0 amide bonds. The van der Waals surface area contributed by atoms with Gasteiger partial charge < -0.3 is 14.7 Å². The van der Waals surface area contributed by atoms with E-state index in [4.69, 9.17) is 4.74 Å². The predicted molar refractivity (Wildman–Crippen MR) is 106 cm³/mol.